The molecule has 1 aliphatic rings. The molecule has 2 nitrogen and oxygen atoms in total. The maximum absolute atomic E-state index is 10.1. The lowest BCUT2D eigenvalue weighted by atomic mass is 9.88. The van der Waals surface area contributed by atoms with E-state index in [2.05, 4.69) is 36.9 Å². The second kappa shape index (κ2) is 5.75. The monoisotopic (exact) mass is 247 g/mol. The average Bonchev–Trinajstić information content (AvgIpc) is 2.41. The zero-order valence-electron chi connectivity index (χ0n) is 11.8. The highest BCUT2D eigenvalue weighted by Crippen LogP contribution is 2.32. The molecule has 1 saturated heterocycles. The molecule has 1 N–H and O–H groups in total. The smallest absolute Gasteiger partial charge is 0.0807 e. The van der Waals surface area contributed by atoms with E-state index in [-0.39, 0.29) is 6.10 Å². The van der Waals surface area contributed by atoms with Crippen LogP contribution in [0, 0.1) is 11.8 Å². The van der Waals surface area contributed by atoms with Crippen molar-refractivity contribution in [3.63, 3.8) is 0 Å². The summed E-state index contributed by atoms with van der Waals surface area (Å²) in [7, 11) is 0. The molecule has 2 heteroatoms. The van der Waals surface area contributed by atoms with Crippen LogP contribution in [0.2, 0.25) is 0 Å². The lowest BCUT2D eigenvalue weighted by molar-refractivity contribution is 0.173. The van der Waals surface area contributed by atoms with Crippen LogP contribution in [0.3, 0.4) is 0 Å². The third-order valence-corrected chi connectivity index (χ3v) is 4.36. The number of hydrogen-bond donors (Lipinski definition) is 1. The van der Waals surface area contributed by atoms with Crippen molar-refractivity contribution >= 4 is 5.69 Å². The maximum atomic E-state index is 10.1. The molecule has 0 aliphatic carbocycles. The summed E-state index contributed by atoms with van der Waals surface area (Å²) in [5, 5.41) is 10.1. The van der Waals surface area contributed by atoms with Gasteiger partial charge in [0.05, 0.1) is 6.10 Å². The number of nitrogens with zero attached hydrogens (tertiary/aromatic N) is 1. The molecule has 18 heavy (non-hydrogen) atoms. The highest BCUT2D eigenvalue weighted by atomic mass is 16.3. The molecule has 0 saturated carbocycles. The summed E-state index contributed by atoms with van der Waals surface area (Å²) in [5.41, 5.74) is 2.31. The van der Waals surface area contributed by atoms with Gasteiger partial charge in [-0.15, -0.1) is 0 Å². The number of benzene rings is 1. The van der Waals surface area contributed by atoms with Crippen molar-refractivity contribution in [2.45, 2.75) is 39.7 Å². The fourth-order valence-corrected chi connectivity index (χ4v) is 2.76. The van der Waals surface area contributed by atoms with Crippen LogP contribution in [0.5, 0.6) is 0 Å². The predicted molar refractivity (Wildman–Crippen MR) is 76.9 cm³/mol. The van der Waals surface area contributed by atoms with Crippen LogP contribution in [0.15, 0.2) is 24.3 Å². The van der Waals surface area contributed by atoms with Gasteiger partial charge < -0.3 is 10.0 Å². The van der Waals surface area contributed by atoms with Crippen LogP contribution in [0.4, 0.5) is 5.69 Å². The molecular weight excluding hydrogens is 222 g/mol. The van der Waals surface area contributed by atoms with E-state index in [1.165, 1.54) is 12.1 Å². The third-order valence-electron chi connectivity index (χ3n) is 4.36. The molecule has 0 aromatic heterocycles. The van der Waals surface area contributed by atoms with Crippen molar-refractivity contribution in [3.8, 4) is 0 Å². The Morgan fingerprint density at radius 2 is 2.00 bits per heavy atom. The Balaban J connectivity index is 2.22. The quantitative estimate of drug-likeness (QED) is 0.882. The summed E-state index contributed by atoms with van der Waals surface area (Å²) in [6.45, 7) is 8.92. The summed E-state index contributed by atoms with van der Waals surface area (Å²) in [6.07, 6.45) is 1.69. The largest absolute Gasteiger partial charge is 0.388 e. The fourth-order valence-electron chi connectivity index (χ4n) is 2.76. The number of anilines is 1. The van der Waals surface area contributed by atoms with Crippen LogP contribution in [-0.4, -0.2) is 18.2 Å². The Morgan fingerprint density at radius 1 is 1.28 bits per heavy atom. The first kappa shape index (κ1) is 13.4. The molecular formula is C16H25NO. The van der Waals surface area contributed by atoms with Gasteiger partial charge in [-0.3, -0.25) is 0 Å². The summed E-state index contributed by atoms with van der Waals surface area (Å²) < 4.78 is 0. The van der Waals surface area contributed by atoms with E-state index < -0.39 is 0 Å². The first-order chi connectivity index (χ1) is 8.63. The Bertz CT molecular complexity index is 390. The van der Waals surface area contributed by atoms with E-state index >= 15 is 0 Å². The Hall–Kier alpha value is -1.02. The van der Waals surface area contributed by atoms with Gasteiger partial charge in [0.15, 0.2) is 0 Å². The number of piperidine rings is 1. The molecule has 0 bridgehead atoms. The third kappa shape index (κ3) is 2.69. The highest BCUT2D eigenvalue weighted by Gasteiger charge is 2.24. The maximum Gasteiger partial charge on any atom is 0.0807 e. The van der Waals surface area contributed by atoms with Gasteiger partial charge in [0.1, 0.15) is 0 Å². The zero-order valence-corrected chi connectivity index (χ0v) is 11.8. The number of rotatable bonds is 3. The summed E-state index contributed by atoms with van der Waals surface area (Å²) in [5.74, 6) is 1.54. The van der Waals surface area contributed by atoms with Gasteiger partial charge in [-0.25, -0.2) is 0 Å². The number of para-hydroxylation sites is 1. The second-order valence-corrected chi connectivity index (χ2v) is 5.67. The van der Waals surface area contributed by atoms with Crippen LogP contribution in [0.25, 0.3) is 0 Å². The summed E-state index contributed by atoms with van der Waals surface area (Å²) in [6, 6.07) is 8.31. The van der Waals surface area contributed by atoms with Crippen molar-refractivity contribution in [2.75, 3.05) is 18.0 Å². The molecule has 1 fully saturated rings. The highest BCUT2D eigenvalue weighted by molar-refractivity contribution is 5.55. The van der Waals surface area contributed by atoms with Gasteiger partial charge in [-0.05, 0) is 30.7 Å². The predicted octanol–water partition coefficient (Wildman–Crippen LogP) is 3.61. The minimum Gasteiger partial charge on any atom is -0.388 e. The van der Waals surface area contributed by atoms with Gasteiger partial charge in [-0.2, -0.15) is 0 Å². The van der Waals surface area contributed by atoms with Crippen LogP contribution in [-0.2, 0) is 0 Å². The van der Waals surface area contributed by atoms with E-state index in [9.17, 15) is 5.11 Å². The second-order valence-electron chi connectivity index (χ2n) is 5.67. The lowest BCUT2D eigenvalue weighted by Gasteiger charge is -2.38. The molecule has 1 aliphatic heterocycles. The minimum atomic E-state index is -0.337. The van der Waals surface area contributed by atoms with E-state index in [1.807, 2.05) is 13.0 Å². The lowest BCUT2D eigenvalue weighted by Crippen LogP contribution is -2.39. The van der Waals surface area contributed by atoms with Crippen molar-refractivity contribution in [1.29, 1.82) is 0 Å². The molecule has 1 heterocycles. The van der Waals surface area contributed by atoms with E-state index in [0.29, 0.717) is 0 Å². The van der Waals surface area contributed by atoms with Gasteiger partial charge in [-0.1, -0.05) is 39.0 Å². The number of aliphatic hydroxyl groups is 1. The molecule has 0 spiro atoms. The number of aliphatic hydroxyl groups excluding tert-OH is 1. The van der Waals surface area contributed by atoms with Gasteiger partial charge in [0, 0.05) is 24.3 Å². The Morgan fingerprint density at radius 3 is 2.67 bits per heavy atom. The Kier molecular flexibility index (Phi) is 4.28. The van der Waals surface area contributed by atoms with Crippen molar-refractivity contribution in [1.82, 2.24) is 0 Å². The van der Waals surface area contributed by atoms with Crippen LogP contribution < -0.4 is 4.90 Å². The van der Waals surface area contributed by atoms with Crippen molar-refractivity contribution in [3.05, 3.63) is 29.8 Å². The topological polar surface area (TPSA) is 23.5 Å². The Labute approximate surface area is 111 Å². The fraction of sp³-hybridized carbons (Fsp3) is 0.625. The first-order valence-electron chi connectivity index (χ1n) is 7.15. The molecule has 100 valence electrons. The molecule has 2 rings (SSSR count). The van der Waals surface area contributed by atoms with Gasteiger partial charge in [0.25, 0.3) is 0 Å². The minimum absolute atomic E-state index is 0.337. The molecule has 0 amide bonds. The molecule has 2 unspecified atom stereocenters. The summed E-state index contributed by atoms with van der Waals surface area (Å²) in [4.78, 5) is 2.44. The molecule has 1 aromatic rings. The molecule has 0 radical (unpaired) electrons. The average molecular weight is 247 g/mol. The van der Waals surface area contributed by atoms with Crippen molar-refractivity contribution in [2.24, 2.45) is 11.8 Å². The number of hydrogen-bond acceptors (Lipinski definition) is 2. The first-order valence-corrected chi connectivity index (χ1v) is 7.15. The zero-order chi connectivity index (χ0) is 13.1. The van der Waals surface area contributed by atoms with Crippen LogP contribution >= 0.6 is 0 Å². The molecule has 1 aromatic carbocycles. The van der Waals surface area contributed by atoms with Crippen molar-refractivity contribution < 1.29 is 5.11 Å². The molecule has 3 atom stereocenters. The normalized spacial score (nSPS) is 26.1. The van der Waals surface area contributed by atoms with E-state index in [4.69, 9.17) is 0 Å². The summed E-state index contributed by atoms with van der Waals surface area (Å²) >= 11 is 0. The van der Waals surface area contributed by atoms with Gasteiger partial charge in [0.2, 0.25) is 0 Å². The van der Waals surface area contributed by atoms with E-state index in [1.54, 1.807) is 0 Å². The van der Waals surface area contributed by atoms with E-state index in [0.717, 1.165) is 36.9 Å². The van der Waals surface area contributed by atoms with Gasteiger partial charge >= 0.3 is 0 Å². The standard InChI is InChI=1S/C16H25NO/c1-4-16(18)14-7-5-6-8-15(14)17-10-9-12(2)13(3)11-17/h5-8,12-13,16,18H,4,9-11H2,1-3H3/t12?,13?,16-/m1/s1. The SMILES string of the molecule is CC[C@@H](O)c1ccccc1N1CCC(C)C(C)C1. The van der Waals surface area contributed by atoms with Crippen LogP contribution in [0.1, 0.15) is 45.3 Å².